The van der Waals surface area contributed by atoms with Gasteiger partial charge in [-0.1, -0.05) is 25.0 Å². The molecule has 1 aromatic carbocycles. The molecule has 4 rings (SSSR count). The van der Waals surface area contributed by atoms with E-state index in [0.29, 0.717) is 12.8 Å². The fourth-order valence-corrected chi connectivity index (χ4v) is 4.52. The number of aryl methyl sites for hydroxylation is 1. The van der Waals surface area contributed by atoms with Crippen LogP contribution in [0.5, 0.6) is 0 Å². The maximum atomic E-state index is 12.6. The van der Waals surface area contributed by atoms with E-state index < -0.39 is 5.54 Å². The van der Waals surface area contributed by atoms with Gasteiger partial charge >= 0.3 is 6.03 Å². The molecule has 1 aliphatic heterocycles. The minimum atomic E-state index is -0.702. The summed E-state index contributed by atoms with van der Waals surface area (Å²) in [6, 6.07) is 5.67. The summed E-state index contributed by atoms with van der Waals surface area (Å²) in [4.78, 5) is 38.4. The first-order valence-corrected chi connectivity index (χ1v) is 9.64. The molecule has 6 heteroatoms. The van der Waals surface area contributed by atoms with Crippen molar-refractivity contribution in [3.8, 4) is 0 Å². The molecular weight excluding hydrogens is 330 g/mol. The van der Waals surface area contributed by atoms with Crippen LogP contribution in [0.15, 0.2) is 18.2 Å². The van der Waals surface area contributed by atoms with E-state index in [2.05, 4.69) is 16.7 Å². The molecule has 0 radical (unpaired) electrons. The SMILES string of the molecule is O=C(CCN1C(=O)NC2(CCCC2)C1=O)Nc1cccc2c1CCCC2. The average molecular weight is 355 g/mol. The lowest BCUT2D eigenvalue weighted by molar-refractivity contribution is -0.131. The van der Waals surface area contributed by atoms with Crippen LogP contribution < -0.4 is 10.6 Å². The van der Waals surface area contributed by atoms with Gasteiger partial charge < -0.3 is 10.6 Å². The lowest BCUT2D eigenvalue weighted by atomic mass is 9.90. The van der Waals surface area contributed by atoms with Gasteiger partial charge in [0.05, 0.1) is 0 Å². The van der Waals surface area contributed by atoms with Crippen LogP contribution in [0.2, 0.25) is 0 Å². The lowest BCUT2D eigenvalue weighted by Crippen LogP contribution is -2.44. The molecule has 1 saturated carbocycles. The zero-order chi connectivity index (χ0) is 18.1. The van der Waals surface area contributed by atoms with E-state index in [0.717, 1.165) is 37.8 Å². The molecule has 1 saturated heterocycles. The molecule has 2 aliphatic carbocycles. The van der Waals surface area contributed by atoms with Crippen LogP contribution in [0.4, 0.5) is 10.5 Å². The van der Waals surface area contributed by atoms with Gasteiger partial charge in [0, 0.05) is 18.7 Å². The van der Waals surface area contributed by atoms with E-state index in [1.807, 2.05) is 12.1 Å². The molecule has 26 heavy (non-hydrogen) atoms. The van der Waals surface area contributed by atoms with Crippen molar-refractivity contribution in [1.29, 1.82) is 0 Å². The first kappa shape index (κ1) is 17.1. The van der Waals surface area contributed by atoms with E-state index in [1.165, 1.54) is 22.4 Å². The summed E-state index contributed by atoms with van der Waals surface area (Å²) in [5.41, 5.74) is 2.71. The Morgan fingerprint density at radius 2 is 1.88 bits per heavy atom. The van der Waals surface area contributed by atoms with Gasteiger partial charge in [-0.2, -0.15) is 0 Å². The minimum Gasteiger partial charge on any atom is -0.326 e. The van der Waals surface area contributed by atoms with Crippen LogP contribution in [0.25, 0.3) is 0 Å². The molecule has 138 valence electrons. The van der Waals surface area contributed by atoms with Gasteiger partial charge in [0.2, 0.25) is 5.91 Å². The Labute approximate surface area is 153 Å². The monoisotopic (exact) mass is 355 g/mol. The second-order valence-corrected chi connectivity index (χ2v) is 7.62. The average Bonchev–Trinajstić information content (AvgIpc) is 3.20. The zero-order valence-corrected chi connectivity index (χ0v) is 15.0. The van der Waals surface area contributed by atoms with Crippen LogP contribution >= 0.6 is 0 Å². The van der Waals surface area contributed by atoms with Gasteiger partial charge in [0.1, 0.15) is 5.54 Å². The van der Waals surface area contributed by atoms with E-state index in [9.17, 15) is 14.4 Å². The number of rotatable bonds is 4. The Hall–Kier alpha value is -2.37. The van der Waals surface area contributed by atoms with Crippen molar-refractivity contribution in [3.05, 3.63) is 29.3 Å². The Kier molecular flexibility index (Phi) is 4.42. The lowest BCUT2D eigenvalue weighted by Gasteiger charge is -2.21. The number of hydrogen-bond donors (Lipinski definition) is 2. The molecule has 1 aromatic rings. The van der Waals surface area contributed by atoms with Gasteiger partial charge in [0.15, 0.2) is 0 Å². The van der Waals surface area contributed by atoms with Crippen molar-refractivity contribution in [1.82, 2.24) is 10.2 Å². The highest BCUT2D eigenvalue weighted by Gasteiger charge is 2.52. The largest absolute Gasteiger partial charge is 0.326 e. The number of anilines is 1. The number of amides is 4. The maximum absolute atomic E-state index is 12.6. The fourth-order valence-electron chi connectivity index (χ4n) is 4.52. The first-order chi connectivity index (χ1) is 12.6. The van der Waals surface area contributed by atoms with Crippen molar-refractivity contribution >= 4 is 23.5 Å². The van der Waals surface area contributed by atoms with Crippen molar-refractivity contribution in [2.45, 2.75) is 63.3 Å². The summed E-state index contributed by atoms with van der Waals surface area (Å²) in [5.74, 6) is -0.318. The van der Waals surface area contributed by atoms with Crippen molar-refractivity contribution in [3.63, 3.8) is 0 Å². The highest BCUT2D eigenvalue weighted by atomic mass is 16.2. The number of nitrogens with one attached hydrogen (secondary N) is 2. The fraction of sp³-hybridized carbons (Fsp3) is 0.550. The third kappa shape index (κ3) is 2.97. The van der Waals surface area contributed by atoms with Crippen molar-refractivity contribution in [2.75, 3.05) is 11.9 Å². The summed E-state index contributed by atoms with van der Waals surface area (Å²) in [6.07, 6.45) is 7.83. The molecule has 0 bridgehead atoms. The Morgan fingerprint density at radius 3 is 2.69 bits per heavy atom. The Morgan fingerprint density at radius 1 is 1.12 bits per heavy atom. The number of imide groups is 1. The smallest absolute Gasteiger partial charge is 0.325 e. The summed E-state index contributed by atoms with van der Waals surface area (Å²) in [7, 11) is 0. The van der Waals surface area contributed by atoms with E-state index in [4.69, 9.17) is 0 Å². The third-order valence-corrected chi connectivity index (χ3v) is 5.94. The van der Waals surface area contributed by atoms with Crippen LogP contribution in [0.3, 0.4) is 0 Å². The van der Waals surface area contributed by atoms with Gasteiger partial charge in [-0.25, -0.2) is 4.79 Å². The van der Waals surface area contributed by atoms with E-state index in [-0.39, 0.29) is 30.8 Å². The van der Waals surface area contributed by atoms with Gasteiger partial charge in [0.25, 0.3) is 5.91 Å². The van der Waals surface area contributed by atoms with Crippen LogP contribution in [0.1, 0.15) is 56.1 Å². The zero-order valence-electron chi connectivity index (χ0n) is 15.0. The topological polar surface area (TPSA) is 78.5 Å². The van der Waals surface area contributed by atoms with E-state index >= 15 is 0 Å². The molecule has 0 aromatic heterocycles. The molecule has 0 atom stereocenters. The second kappa shape index (κ2) is 6.74. The molecule has 4 amide bonds. The predicted molar refractivity (Wildman–Crippen MR) is 97.8 cm³/mol. The highest BCUT2D eigenvalue weighted by Crippen LogP contribution is 2.35. The number of carbonyl (C=O) groups is 3. The minimum absolute atomic E-state index is 0.124. The quantitative estimate of drug-likeness (QED) is 0.815. The van der Waals surface area contributed by atoms with Gasteiger partial charge in [-0.3, -0.25) is 14.5 Å². The number of urea groups is 1. The maximum Gasteiger partial charge on any atom is 0.325 e. The molecule has 2 N–H and O–H groups in total. The summed E-state index contributed by atoms with van der Waals surface area (Å²) in [5, 5.41) is 5.83. The number of nitrogens with zero attached hydrogens (tertiary/aromatic N) is 1. The molecule has 3 aliphatic rings. The summed E-state index contributed by atoms with van der Waals surface area (Å²) < 4.78 is 0. The molecular formula is C20H25N3O3. The van der Waals surface area contributed by atoms with Crippen molar-refractivity contribution in [2.24, 2.45) is 0 Å². The summed E-state index contributed by atoms with van der Waals surface area (Å²) in [6.45, 7) is 0.132. The molecule has 2 fully saturated rings. The van der Waals surface area contributed by atoms with Crippen LogP contribution in [0, 0.1) is 0 Å². The summed E-state index contributed by atoms with van der Waals surface area (Å²) >= 11 is 0. The number of benzene rings is 1. The van der Waals surface area contributed by atoms with Crippen LogP contribution in [-0.4, -0.2) is 34.8 Å². The predicted octanol–water partition coefficient (Wildman–Crippen LogP) is 2.76. The number of carbonyl (C=O) groups excluding carboxylic acids is 3. The number of hydrogen-bond acceptors (Lipinski definition) is 3. The molecule has 6 nitrogen and oxygen atoms in total. The standard InChI is InChI=1S/C20H25N3O3/c24-17(21-16-9-5-7-14-6-1-2-8-15(14)16)10-13-23-18(25)20(22-19(23)26)11-3-4-12-20/h5,7,9H,1-4,6,8,10-13H2,(H,21,24)(H,22,26). The second-order valence-electron chi connectivity index (χ2n) is 7.62. The molecule has 0 unspecified atom stereocenters. The Bertz CT molecular complexity index is 753. The molecule has 1 heterocycles. The third-order valence-electron chi connectivity index (χ3n) is 5.94. The normalized spacial score (nSPS) is 21.0. The van der Waals surface area contributed by atoms with Crippen molar-refractivity contribution < 1.29 is 14.4 Å². The van der Waals surface area contributed by atoms with E-state index in [1.54, 1.807) is 0 Å². The van der Waals surface area contributed by atoms with Crippen LogP contribution in [-0.2, 0) is 22.4 Å². The highest BCUT2D eigenvalue weighted by molar-refractivity contribution is 6.07. The van der Waals surface area contributed by atoms with Gasteiger partial charge in [-0.15, -0.1) is 0 Å². The first-order valence-electron chi connectivity index (χ1n) is 9.64. The van der Waals surface area contributed by atoms with Gasteiger partial charge in [-0.05, 0) is 55.7 Å². The molecule has 1 spiro atoms. The number of fused-ring (bicyclic) bond motifs is 1. The Balaban J connectivity index is 1.38.